The third-order valence-corrected chi connectivity index (χ3v) is 4.28. The summed E-state index contributed by atoms with van der Waals surface area (Å²) in [5.41, 5.74) is 2.86. The van der Waals surface area contributed by atoms with Crippen molar-refractivity contribution in [2.75, 3.05) is 13.7 Å². The average molecular weight is 325 g/mol. The largest absolute Gasteiger partial charge is 0.481 e. The van der Waals surface area contributed by atoms with Crippen LogP contribution in [0.15, 0.2) is 42.5 Å². The van der Waals surface area contributed by atoms with Gasteiger partial charge in [-0.1, -0.05) is 36.4 Å². The van der Waals surface area contributed by atoms with Crippen LogP contribution in [0.5, 0.6) is 5.88 Å². The lowest BCUT2D eigenvalue weighted by Gasteiger charge is -2.13. The lowest BCUT2D eigenvalue weighted by atomic mass is 10.0. The average Bonchev–Trinajstić information content (AvgIpc) is 2.87. The molecule has 2 aromatic carbocycles. The first kappa shape index (κ1) is 16.5. The number of nitrogens with one attached hydrogen (secondary N) is 1. The van der Waals surface area contributed by atoms with Crippen LogP contribution < -0.4 is 10.1 Å². The maximum Gasteiger partial charge on any atom is 0.216 e. The Hall–Kier alpha value is -2.37. The van der Waals surface area contributed by atoms with Crippen LogP contribution in [0.1, 0.15) is 22.9 Å². The maximum atomic E-state index is 10.4. The van der Waals surface area contributed by atoms with Gasteiger partial charge in [-0.3, -0.25) is 0 Å². The number of aromatic nitrogens is 2. The smallest absolute Gasteiger partial charge is 0.216 e. The van der Waals surface area contributed by atoms with Crippen molar-refractivity contribution in [3.05, 3.63) is 59.3 Å². The van der Waals surface area contributed by atoms with E-state index in [4.69, 9.17) is 4.74 Å². The first-order valence-electron chi connectivity index (χ1n) is 8.04. The SMILES string of the molecule is COc1c(CNCC(O)c2ccc3ccccc3c2)c(C)nn1C. The Kier molecular flexibility index (Phi) is 4.83. The molecule has 5 nitrogen and oxygen atoms in total. The zero-order valence-electron chi connectivity index (χ0n) is 14.3. The number of fused-ring (bicyclic) bond motifs is 1. The molecule has 0 spiro atoms. The predicted octanol–water partition coefficient (Wildman–Crippen LogP) is 2.71. The Morgan fingerprint density at radius 2 is 1.96 bits per heavy atom. The molecule has 0 fully saturated rings. The molecule has 0 bridgehead atoms. The summed E-state index contributed by atoms with van der Waals surface area (Å²) in [4.78, 5) is 0. The van der Waals surface area contributed by atoms with Crippen LogP contribution in [0.25, 0.3) is 10.8 Å². The summed E-state index contributed by atoms with van der Waals surface area (Å²) in [5.74, 6) is 0.750. The summed E-state index contributed by atoms with van der Waals surface area (Å²) in [7, 11) is 3.50. The van der Waals surface area contributed by atoms with Crippen LogP contribution in [0.4, 0.5) is 0 Å². The zero-order valence-corrected chi connectivity index (χ0v) is 14.3. The standard InChI is InChI=1S/C19H23N3O2/c1-13-17(19(24-3)22(2)21-13)11-20-12-18(23)16-9-8-14-6-4-5-7-15(14)10-16/h4-10,18,20,23H,11-12H2,1-3H3. The molecular formula is C19H23N3O2. The Morgan fingerprint density at radius 3 is 2.71 bits per heavy atom. The molecule has 1 unspecified atom stereocenters. The van der Waals surface area contributed by atoms with Crippen LogP contribution in [0, 0.1) is 6.92 Å². The second-order valence-corrected chi connectivity index (χ2v) is 5.95. The highest BCUT2D eigenvalue weighted by Gasteiger charge is 2.14. The highest BCUT2D eigenvalue weighted by atomic mass is 16.5. The topological polar surface area (TPSA) is 59.3 Å². The molecule has 126 valence electrons. The van der Waals surface area contributed by atoms with Crippen LogP contribution in [-0.4, -0.2) is 28.5 Å². The number of methoxy groups -OCH3 is 1. The van der Waals surface area contributed by atoms with E-state index in [1.807, 2.05) is 44.3 Å². The van der Waals surface area contributed by atoms with Gasteiger partial charge in [0, 0.05) is 20.1 Å². The molecule has 5 heteroatoms. The van der Waals surface area contributed by atoms with Gasteiger partial charge in [0.15, 0.2) is 0 Å². The van der Waals surface area contributed by atoms with Crippen molar-refractivity contribution >= 4 is 10.8 Å². The van der Waals surface area contributed by atoms with Gasteiger partial charge in [0.1, 0.15) is 0 Å². The first-order valence-corrected chi connectivity index (χ1v) is 8.04. The fourth-order valence-corrected chi connectivity index (χ4v) is 3.01. The number of hydrogen-bond donors (Lipinski definition) is 2. The van der Waals surface area contributed by atoms with E-state index in [0.717, 1.165) is 28.1 Å². The van der Waals surface area contributed by atoms with E-state index in [1.54, 1.807) is 11.8 Å². The van der Waals surface area contributed by atoms with Gasteiger partial charge in [0.05, 0.1) is 24.5 Å². The van der Waals surface area contributed by atoms with Gasteiger partial charge in [0.25, 0.3) is 0 Å². The van der Waals surface area contributed by atoms with Crippen molar-refractivity contribution in [2.45, 2.75) is 19.6 Å². The van der Waals surface area contributed by atoms with Crippen LogP contribution in [0.3, 0.4) is 0 Å². The molecule has 1 atom stereocenters. The maximum absolute atomic E-state index is 10.4. The normalized spacial score (nSPS) is 12.5. The fourth-order valence-electron chi connectivity index (χ4n) is 3.01. The van der Waals surface area contributed by atoms with Crippen LogP contribution >= 0.6 is 0 Å². The summed E-state index contributed by atoms with van der Waals surface area (Å²) in [6.45, 7) is 3.03. The summed E-state index contributed by atoms with van der Waals surface area (Å²) in [6, 6.07) is 14.2. The molecule has 0 aliphatic carbocycles. The van der Waals surface area contributed by atoms with Crippen molar-refractivity contribution in [1.82, 2.24) is 15.1 Å². The molecule has 2 N–H and O–H groups in total. The molecule has 0 aliphatic rings. The monoisotopic (exact) mass is 325 g/mol. The molecule has 0 radical (unpaired) electrons. The minimum Gasteiger partial charge on any atom is -0.481 e. The Morgan fingerprint density at radius 1 is 1.21 bits per heavy atom. The summed E-state index contributed by atoms with van der Waals surface area (Å²) < 4.78 is 7.11. The summed E-state index contributed by atoms with van der Waals surface area (Å²) >= 11 is 0. The molecule has 3 aromatic rings. The molecule has 0 amide bonds. The van der Waals surface area contributed by atoms with E-state index in [-0.39, 0.29) is 0 Å². The minimum atomic E-state index is -0.558. The van der Waals surface area contributed by atoms with E-state index in [2.05, 4.69) is 22.5 Å². The van der Waals surface area contributed by atoms with Gasteiger partial charge in [-0.15, -0.1) is 0 Å². The Labute approximate surface area is 141 Å². The van der Waals surface area contributed by atoms with Crippen LogP contribution in [0.2, 0.25) is 0 Å². The molecule has 1 aromatic heterocycles. The third-order valence-electron chi connectivity index (χ3n) is 4.28. The second-order valence-electron chi connectivity index (χ2n) is 5.95. The van der Waals surface area contributed by atoms with E-state index in [9.17, 15) is 5.11 Å². The van der Waals surface area contributed by atoms with Crippen molar-refractivity contribution < 1.29 is 9.84 Å². The van der Waals surface area contributed by atoms with Crippen molar-refractivity contribution in [3.63, 3.8) is 0 Å². The van der Waals surface area contributed by atoms with Gasteiger partial charge in [0.2, 0.25) is 5.88 Å². The number of nitrogens with zero attached hydrogens (tertiary/aromatic N) is 2. The third kappa shape index (κ3) is 3.27. The Bertz CT molecular complexity index is 842. The highest BCUT2D eigenvalue weighted by molar-refractivity contribution is 5.83. The van der Waals surface area contributed by atoms with E-state index in [0.29, 0.717) is 13.1 Å². The predicted molar refractivity (Wildman–Crippen MR) is 95.1 cm³/mol. The number of benzene rings is 2. The van der Waals surface area contributed by atoms with Crippen LogP contribution in [-0.2, 0) is 13.6 Å². The Balaban J connectivity index is 1.66. The molecule has 0 saturated carbocycles. The molecule has 1 heterocycles. The number of aliphatic hydroxyl groups excluding tert-OH is 1. The molecule has 3 rings (SSSR count). The summed E-state index contributed by atoms with van der Waals surface area (Å²) in [5, 5.41) is 20.4. The van der Waals surface area contributed by atoms with Crippen molar-refractivity contribution in [1.29, 1.82) is 0 Å². The first-order chi connectivity index (χ1) is 11.6. The minimum absolute atomic E-state index is 0.468. The number of aryl methyl sites for hydroxylation is 2. The number of hydrogen-bond acceptors (Lipinski definition) is 4. The lowest BCUT2D eigenvalue weighted by molar-refractivity contribution is 0.174. The zero-order chi connectivity index (χ0) is 17.1. The molecule has 0 aliphatic heterocycles. The van der Waals surface area contributed by atoms with E-state index < -0.39 is 6.10 Å². The summed E-state index contributed by atoms with van der Waals surface area (Å²) in [6.07, 6.45) is -0.558. The quantitative estimate of drug-likeness (QED) is 0.731. The molecule has 0 saturated heterocycles. The van der Waals surface area contributed by atoms with Gasteiger partial charge in [-0.05, 0) is 29.3 Å². The van der Waals surface area contributed by atoms with Gasteiger partial charge < -0.3 is 15.2 Å². The second kappa shape index (κ2) is 7.03. The molecule has 24 heavy (non-hydrogen) atoms. The van der Waals surface area contributed by atoms with Crippen molar-refractivity contribution in [2.24, 2.45) is 7.05 Å². The van der Waals surface area contributed by atoms with Gasteiger partial charge >= 0.3 is 0 Å². The number of rotatable bonds is 6. The van der Waals surface area contributed by atoms with Crippen molar-refractivity contribution in [3.8, 4) is 5.88 Å². The highest BCUT2D eigenvalue weighted by Crippen LogP contribution is 2.22. The molecular weight excluding hydrogens is 302 g/mol. The van der Waals surface area contributed by atoms with Gasteiger partial charge in [-0.2, -0.15) is 5.10 Å². The van der Waals surface area contributed by atoms with Gasteiger partial charge in [-0.25, -0.2) is 4.68 Å². The number of ether oxygens (including phenoxy) is 1. The lowest BCUT2D eigenvalue weighted by Crippen LogP contribution is -2.21. The number of aliphatic hydroxyl groups is 1. The van der Waals surface area contributed by atoms with E-state index in [1.165, 1.54) is 5.39 Å². The van der Waals surface area contributed by atoms with E-state index >= 15 is 0 Å². The fraction of sp³-hybridized carbons (Fsp3) is 0.316.